The van der Waals surface area contributed by atoms with E-state index in [1.807, 2.05) is 0 Å². The molecule has 2 N–H and O–H groups in total. The van der Waals surface area contributed by atoms with E-state index in [0.29, 0.717) is 18.4 Å². The van der Waals surface area contributed by atoms with Crippen LogP contribution in [0.2, 0.25) is 0 Å². The summed E-state index contributed by atoms with van der Waals surface area (Å²) in [7, 11) is 0. The maximum absolute atomic E-state index is 11.0. The fourth-order valence-corrected chi connectivity index (χ4v) is 1.97. The van der Waals surface area contributed by atoms with Gasteiger partial charge in [0.2, 0.25) is 5.91 Å². The molecular formula is C10H17NO3. The molecule has 4 nitrogen and oxygen atoms in total. The van der Waals surface area contributed by atoms with Gasteiger partial charge in [-0.3, -0.25) is 9.59 Å². The predicted octanol–water partition coefficient (Wildman–Crippen LogP) is 1.01. The van der Waals surface area contributed by atoms with Gasteiger partial charge in [-0.1, -0.05) is 19.8 Å². The van der Waals surface area contributed by atoms with Gasteiger partial charge in [-0.2, -0.15) is 0 Å². The largest absolute Gasteiger partial charge is 0.481 e. The molecule has 0 aromatic carbocycles. The first-order chi connectivity index (χ1) is 6.59. The first-order valence-electron chi connectivity index (χ1n) is 5.08. The number of carboxylic acids is 1. The van der Waals surface area contributed by atoms with Crippen LogP contribution in [0.15, 0.2) is 0 Å². The second kappa shape index (κ2) is 4.98. The van der Waals surface area contributed by atoms with Gasteiger partial charge in [0.1, 0.15) is 6.42 Å². The van der Waals surface area contributed by atoms with Gasteiger partial charge in [0.15, 0.2) is 0 Å². The molecule has 1 saturated carbocycles. The Morgan fingerprint density at radius 2 is 2.14 bits per heavy atom. The number of nitrogens with one attached hydrogen (secondary N) is 1. The highest BCUT2D eigenvalue weighted by molar-refractivity contribution is 5.93. The van der Waals surface area contributed by atoms with Crippen molar-refractivity contribution in [3.05, 3.63) is 0 Å². The molecule has 0 aliphatic heterocycles. The summed E-state index contributed by atoms with van der Waals surface area (Å²) in [6.45, 7) is 2.81. The maximum Gasteiger partial charge on any atom is 0.312 e. The molecular weight excluding hydrogens is 182 g/mol. The molecule has 2 unspecified atom stereocenters. The van der Waals surface area contributed by atoms with Crippen LogP contribution in [0.3, 0.4) is 0 Å². The molecule has 1 aliphatic rings. The van der Waals surface area contributed by atoms with E-state index in [0.717, 1.165) is 6.42 Å². The number of hydrogen-bond acceptors (Lipinski definition) is 2. The van der Waals surface area contributed by atoms with Gasteiger partial charge >= 0.3 is 5.97 Å². The lowest BCUT2D eigenvalue weighted by atomic mass is 9.98. The molecule has 0 aromatic rings. The Balaban J connectivity index is 2.19. The number of carbonyl (C=O) groups excluding carboxylic acids is 1. The van der Waals surface area contributed by atoms with E-state index in [-0.39, 0.29) is 5.91 Å². The molecule has 0 bridgehead atoms. The van der Waals surface area contributed by atoms with Crippen molar-refractivity contribution < 1.29 is 14.7 Å². The Bertz CT molecular complexity index is 227. The minimum absolute atomic E-state index is 0.378. The van der Waals surface area contributed by atoms with Gasteiger partial charge in [-0.25, -0.2) is 0 Å². The molecule has 1 amide bonds. The van der Waals surface area contributed by atoms with Crippen LogP contribution in [0.25, 0.3) is 0 Å². The quantitative estimate of drug-likeness (QED) is 0.664. The van der Waals surface area contributed by atoms with Crippen LogP contribution in [-0.4, -0.2) is 23.5 Å². The third-order valence-corrected chi connectivity index (χ3v) is 2.91. The fraction of sp³-hybridized carbons (Fsp3) is 0.800. The zero-order valence-corrected chi connectivity index (χ0v) is 8.45. The zero-order valence-electron chi connectivity index (χ0n) is 8.45. The summed E-state index contributed by atoms with van der Waals surface area (Å²) in [6.07, 6.45) is 3.18. The molecule has 1 rings (SSSR count). The summed E-state index contributed by atoms with van der Waals surface area (Å²) in [5.74, 6) is -0.258. The van der Waals surface area contributed by atoms with Crippen LogP contribution >= 0.6 is 0 Å². The van der Waals surface area contributed by atoms with Crippen molar-refractivity contribution in [2.45, 2.75) is 32.6 Å². The first kappa shape index (κ1) is 11.0. The third kappa shape index (κ3) is 3.36. The second-order valence-electron chi connectivity index (χ2n) is 4.04. The minimum atomic E-state index is -1.07. The number of amides is 1. The lowest BCUT2D eigenvalue weighted by Gasteiger charge is -2.15. The summed E-state index contributed by atoms with van der Waals surface area (Å²) < 4.78 is 0. The van der Waals surface area contributed by atoms with Crippen molar-refractivity contribution in [1.82, 2.24) is 5.32 Å². The molecule has 0 saturated heterocycles. The standard InChI is InChI=1S/C10H17NO3/c1-7-3-2-4-8(7)6-11-9(12)5-10(13)14/h7-8H,2-6H2,1H3,(H,11,12)(H,13,14). The number of aliphatic carboxylic acids is 1. The first-order valence-corrected chi connectivity index (χ1v) is 5.08. The molecule has 0 heterocycles. The third-order valence-electron chi connectivity index (χ3n) is 2.91. The smallest absolute Gasteiger partial charge is 0.312 e. The Kier molecular flexibility index (Phi) is 3.92. The molecule has 0 spiro atoms. The van der Waals surface area contributed by atoms with Gasteiger partial charge in [0, 0.05) is 6.54 Å². The van der Waals surface area contributed by atoms with E-state index in [1.165, 1.54) is 12.8 Å². The molecule has 0 aromatic heterocycles. The van der Waals surface area contributed by atoms with Gasteiger partial charge in [-0.15, -0.1) is 0 Å². The molecule has 1 aliphatic carbocycles. The highest BCUT2D eigenvalue weighted by Crippen LogP contribution is 2.30. The van der Waals surface area contributed by atoms with E-state index < -0.39 is 12.4 Å². The minimum Gasteiger partial charge on any atom is -0.481 e. The van der Waals surface area contributed by atoms with Crippen LogP contribution in [0.4, 0.5) is 0 Å². The topological polar surface area (TPSA) is 66.4 Å². The highest BCUT2D eigenvalue weighted by Gasteiger charge is 2.23. The average molecular weight is 199 g/mol. The number of carboxylic acid groups (broad SMARTS) is 1. The van der Waals surface area contributed by atoms with Gasteiger partial charge in [0.25, 0.3) is 0 Å². The van der Waals surface area contributed by atoms with Crippen LogP contribution in [-0.2, 0) is 9.59 Å². The Hall–Kier alpha value is -1.06. The van der Waals surface area contributed by atoms with Crippen molar-refractivity contribution in [2.24, 2.45) is 11.8 Å². The summed E-state index contributed by atoms with van der Waals surface area (Å²) in [4.78, 5) is 21.2. The number of hydrogen-bond donors (Lipinski definition) is 2. The van der Waals surface area contributed by atoms with Crippen LogP contribution in [0.5, 0.6) is 0 Å². The number of carbonyl (C=O) groups is 2. The van der Waals surface area contributed by atoms with Crippen LogP contribution < -0.4 is 5.32 Å². The van der Waals surface area contributed by atoms with Crippen LogP contribution in [0, 0.1) is 11.8 Å². The average Bonchev–Trinajstić information content (AvgIpc) is 2.46. The Labute approximate surface area is 83.7 Å². The normalized spacial score (nSPS) is 26.1. The fourth-order valence-electron chi connectivity index (χ4n) is 1.97. The summed E-state index contributed by atoms with van der Waals surface area (Å²) in [5, 5.41) is 11.0. The number of rotatable bonds is 4. The van der Waals surface area contributed by atoms with Crippen LogP contribution in [0.1, 0.15) is 32.6 Å². The van der Waals surface area contributed by atoms with E-state index in [9.17, 15) is 9.59 Å². The van der Waals surface area contributed by atoms with E-state index in [2.05, 4.69) is 12.2 Å². The van der Waals surface area contributed by atoms with Gasteiger partial charge < -0.3 is 10.4 Å². The monoisotopic (exact) mass is 199 g/mol. The lowest BCUT2D eigenvalue weighted by molar-refractivity contribution is -0.140. The van der Waals surface area contributed by atoms with E-state index >= 15 is 0 Å². The molecule has 80 valence electrons. The molecule has 14 heavy (non-hydrogen) atoms. The zero-order chi connectivity index (χ0) is 10.6. The Morgan fingerprint density at radius 3 is 2.64 bits per heavy atom. The molecule has 0 radical (unpaired) electrons. The van der Waals surface area contributed by atoms with Crippen molar-refractivity contribution >= 4 is 11.9 Å². The SMILES string of the molecule is CC1CCCC1CNC(=O)CC(=O)O. The lowest BCUT2D eigenvalue weighted by Crippen LogP contribution is -2.31. The van der Waals surface area contributed by atoms with Crippen molar-refractivity contribution in [2.75, 3.05) is 6.54 Å². The van der Waals surface area contributed by atoms with E-state index in [4.69, 9.17) is 5.11 Å². The molecule has 2 atom stereocenters. The summed E-state index contributed by atoms with van der Waals surface area (Å²) in [6, 6.07) is 0. The van der Waals surface area contributed by atoms with Crippen molar-refractivity contribution in [1.29, 1.82) is 0 Å². The van der Waals surface area contributed by atoms with Crippen molar-refractivity contribution in [3.8, 4) is 0 Å². The maximum atomic E-state index is 11.0. The second-order valence-corrected chi connectivity index (χ2v) is 4.04. The van der Waals surface area contributed by atoms with Gasteiger partial charge in [0.05, 0.1) is 0 Å². The highest BCUT2D eigenvalue weighted by atomic mass is 16.4. The molecule has 1 fully saturated rings. The van der Waals surface area contributed by atoms with Crippen molar-refractivity contribution in [3.63, 3.8) is 0 Å². The molecule has 4 heteroatoms. The summed E-state index contributed by atoms with van der Waals surface area (Å²) >= 11 is 0. The Morgan fingerprint density at radius 1 is 1.43 bits per heavy atom. The van der Waals surface area contributed by atoms with E-state index in [1.54, 1.807) is 0 Å². The summed E-state index contributed by atoms with van der Waals surface area (Å²) in [5.41, 5.74) is 0. The van der Waals surface area contributed by atoms with Gasteiger partial charge in [-0.05, 0) is 18.3 Å². The predicted molar refractivity (Wildman–Crippen MR) is 51.8 cm³/mol.